The summed E-state index contributed by atoms with van der Waals surface area (Å²) in [4.78, 5) is 79.3. The van der Waals surface area contributed by atoms with Crippen LogP contribution in [-0.2, 0) is 38.4 Å². The van der Waals surface area contributed by atoms with Crippen molar-refractivity contribution in [2.75, 3.05) is 0 Å². The molecule has 0 atom stereocenters. The summed E-state index contributed by atoms with van der Waals surface area (Å²) in [7, 11) is 0. The van der Waals surface area contributed by atoms with Gasteiger partial charge in [-0.3, -0.25) is 38.4 Å². The van der Waals surface area contributed by atoms with Crippen molar-refractivity contribution in [3.05, 3.63) is 0 Å². The lowest BCUT2D eigenvalue weighted by Gasteiger charge is -1.98. The number of carbonyl (C=O) groups is 8. The molecule has 0 fully saturated rings. The minimum Gasteiger partial charge on any atom is -0.481 e. The van der Waals surface area contributed by atoms with Crippen LogP contribution in [0.1, 0.15) is 128 Å². The van der Waals surface area contributed by atoms with Crippen molar-refractivity contribution in [2.45, 2.75) is 128 Å². The molecule has 16 nitrogen and oxygen atoms in total. The molecular formula is C28H48O16. The first kappa shape index (κ1) is 46.7. The highest BCUT2D eigenvalue weighted by Crippen LogP contribution is 2.08. The Morgan fingerprint density at radius 1 is 0.205 bits per heavy atom. The van der Waals surface area contributed by atoms with E-state index >= 15 is 0 Å². The van der Waals surface area contributed by atoms with Crippen LogP contribution in [0, 0.1) is 0 Å². The van der Waals surface area contributed by atoms with Crippen LogP contribution < -0.4 is 0 Å². The smallest absolute Gasteiger partial charge is 0.303 e. The average molecular weight is 641 g/mol. The first-order chi connectivity index (χ1) is 20.5. The third-order valence-electron chi connectivity index (χ3n) is 5.15. The van der Waals surface area contributed by atoms with Crippen molar-refractivity contribution in [3.8, 4) is 0 Å². The minimum atomic E-state index is -1.08. The molecule has 0 aliphatic carbocycles. The van der Waals surface area contributed by atoms with Gasteiger partial charge in [0.05, 0.1) is 12.8 Å². The standard InChI is InChI=1S/C10H18O4.C9H16O4.C5H8O4.C4H6O4/c11-9(12)7-5-3-1-2-4-6-8-10(13)14;10-8(11)6-4-2-1-3-5-7-9(12)13;6-4(7)2-1-3-5(8)9;5-3(6)1-2-4(7)8/h1-8H2,(H,11,12)(H,13,14);1-7H2,(H,10,11)(H,12,13);1-3H2,(H,6,7)(H,8,9);1-2H2,(H,5,6)(H,7,8). The molecule has 0 saturated heterocycles. The van der Waals surface area contributed by atoms with E-state index in [0.29, 0.717) is 12.8 Å². The molecule has 0 saturated carbocycles. The normalized spacial score (nSPS) is 9.45. The zero-order chi connectivity index (χ0) is 34.8. The predicted molar refractivity (Wildman–Crippen MR) is 153 cm³/mol. The largest absolute Gasteiger partial charge is 0.481 e. The van der Waals surface area contributed by atoms with Crippen LogP contribution in [0.4, 0.5) is 0 Å². The first-order valence-electron chi connectivity index (χ1n) is 14.3. The second kappa shape index (κ2) is 35.0. The van der Waals surface area contributed by atoms with E-state index in [0.717, 1.165) is 57.8 Å². The molecule has 16 heteroatoms. The predicted octanol–water partition coefficient (Wildman–Crippen LogP) is 4.42. The summed E-state index contributed by atoms with van der Waals surface area (Å²) in [5, 5.41) is 65.2. The topological polar surface area (TPSA) is 298 Å². The molecule has 256 valence electrons. The highest BCUT2D eigenvalue weighted by molar-refractivity contribution is 5.75. The molecule has 0 unspecified atom stereocenters. The van der Waals surface area contributed by atoms with Crippen LogP contribution >= 0.6 is 0 Å². The molecule has 0 heterocycles. The van der Waals surface area contributed by atoms with E-state index in [1.165, 1.54) is 0 Å². The molecule has 0 aromatic heterocycles. The van der Waals surface area contributed by atoms with Crippen LogP contribution in [0.25, 0.3) is 0 Å². The molecule has 0 spiro atoms. The van der Waals surface area contributed by atoms with Crippen LogP contribution in [0.2, 0.25) is 0 Å². The zero-order valence-corrected chi connectivity index (χ0v) is 25.0. The molecular weight excluding hydrogens is 592 g/mol. The van der Waals surface area contributed by atoms with Crippen LogP contribution in [-0.4, -0.2) is 88.6 Å². The third-order valence-corrected chi connectivity index (χ3v) is 5.15. The lowest BCUT2D eigenvalue weighted by molar-refractivity contribution is -0.143. The Hall–Kier alpha value is -4.24. The molecule has 0 radical (unpaired) electrons. The van der Waals surface area contributed by atoms with Crippen LogP contribution in [0.5, 0.6) is 0 Å². The summed E-state index contributed by atoms with van der Waals surface area (Å²) in [5.74, 6) is -7.05. The summed E-state index contributed by atoms with van der Waals surface area (Å²) in [6.07, 6.45) is 9.85. The van der Waals surface area contributed by atoms with Gasteiger partial charge in [0.2, 0.25) is 0 Å². The van der Waals surface area contributed by atoms with Gasteiger partial charge in [-0.25, -0.2) is 0 Å². The van der Waals surface area contributed by atoms with Crippen LogP contribution in [0.3, 0.4) is 0 Å². The fourth-order valence-electron chi connectivity index (χ4n) is 2.95. The lowest BCUT2D eigenvalue weighted by Crippen LogP contribution is -2.00. The molecule has 8 N–H and O–H groups in total. The van der Waals surface area contributed by atoms with Crippen molar-refractivity contribution in [2.24, 2.45) is 0 Å². The maximum Gasteiger partial charge on any atom is 0.303 e. The third kappa shape index (κ3) is 66.2. The summed E-state index contributed by atoms with van der Waals surface area (Å²) in [6.45, 7) is 0. The fourth-order valence-corrected chi connectivity index (χ4v) is 2.95. The van der Waals surface area contributed by atoms with Gasteiger partial charge in [-0.05, 0) is 32.1 Å². The van der Waals surface area contributed by atoms with Gasteiger partial charge < -0.3 is 40.9 Å². The van der Waals surface area contributed by atoms with E-state index in [-0.39, 0.29) is 57.8 Å². The van der Waals surface area contributed by atoms with E-state index in [9.17, 15) is 38.4 Å². The number of hydrogen-bond donors (Lipinski definition) is 8. The highest BCUT2D eigenvalue weighted by atomic mass is 16.4. The van der Waals surface area contributed by atoms with E-state index in [2.05, 4.69) is 0 Å². The van der Waals surface area contributed by atoms with Crippen molar-refractivity contribution in [1.82, 2.24) is 0 Å². The minimum absolute atomic E-state index is 0.0632. The van der Waals surface area contributed by atoms with Crippen molar-refractivity contribution in [1.29, 1.82) is 0 Å². The number of aliphatic carboxylic acids is 8. The lowest BCUT2D eigenvalue weighted by atomic mass is 10.1. The van der Waals surface area contributed by atoms with Crippen molar-refractivity contribution >= 4 is 47.8 Å². The maximum absolute atomic E-state index is 10.1. The molecule has 0 aromatic carbocycles. The van der Waals surface area contributed by atoms with Gasteiger partial charge in [0.25, 0.3) is 0 Å². The molecule has 0 bridgehead atoms. The second-order valence-corrected chi connectivity index (χ2v) is 9.39. The number of carboxylic acids is 8. The van der Waals surface area contributed by atoms with E-state index in [1.54, 1.807) is 0 Å². The molecule has 0 rings (SSSR count). The summed E-state index contributed by atoms with van der Waals surface area (Å²) in [5.41, 5.74) is 0. The number of rotatable bonds is 24. The van der Waals surface area contributed by atoms with Gasteiger partial charge in [-0.1, -0.05) is 44.9 Å². The van der Waals surface area contributed by atoms with Crippen molar-refractivity contribution in [3.63, 3.8) is 0 Å². The van der Waals surface area contributed by atoms with Gasteiger partial charge in [0.1, 0.15) is 0 Å². The maximum atomic E-state index is 10.1. The molecule has 0 amide bonds. The quantitative estimate of drug-likeness (QED) is 0.0676. The molecule has 0 aromatic rings. The Balaban J connectivity index is -0.000000249. The van der Waals surface area contributed by atoms with E-state index in [1.807, 2.05) is 0 Å². The fraction of sp³-hybridized carbons (Fsp3) is 0.714. The van der Waals surface area contributed by atoms with E-state index in [4.69, 9.17) is 40.9 Å². The van der Waals surface area contributed by atoms with Gasteiger partial charge in [-0.2, -0.15) is 0 Å². The monoisotopic (exact) mass is 640 g/mol. The highest BCUT2D eigenvalue weighted by Gasteiger charge is 2.01. The Labute approximate surface area is 255 Å². The Bertz CT molecular complexity index is 772. The Morgan fingerprint density at radius 3 is 0.500 bits per heavy atom. The molecule has 0 aliphatic heterocycles. The molecule has 0 aliphatic rings. The molecule has 44 heavy (non-hydrogen) atoms. The Morgan fingerprint density at radius 2 is 0.341 bits per heavy atom. The van der Waals surface area contributed by atoms with Gasteiger partial charge in [0.15, 0.2) is 0 Å². The van der Waals surface area contributed by atoms with Gasteiger partial charge in [0, 0.05) is 38.5 Å². The SMILES string of the molecule is O=C(O)CCC(=O)O.O=C(O)CCCC(=O)O.O=C(O)CCCCCCCC(=O)O.O=C(O)CCCCCCCCC(=O)O. The van der Waals surface area contributed by atoms with Crippen molar-refractivity contribution < 1.29 is 79.2 Å². The first-order valence-corrected chi connectivity index (χ1v) is 14.3. The zero-order valence-electron chi connectivity index (χ0n) is 25.0. The summed E-state index contributed by atoms with van der Waals surface area (Å²) < 4.78 is 0. The Kier molecular flexibility index (Phi) is 37.1. The number of unbranched alkanes of at least 4 members (excludes halogenated alkanes) is 9. The summed E-state index contributed by atoms with van der Waals surface area (Å²) >= 11 is 0. The van der Waals surface area contributed by atoms with E-state index < -0.39 is 47.8 Å². The summed E-state index contributed by atoms with van der Waals surface area (Å²) in [6, 6.07) is 0. The van der Waals surface area contributed by atoms with Gasteiger partial charge >= 0.3 is 47.8 Å². The average Bonchev–Trinajstić information content (AvgIpc) is 2.88. The van der Waals surface area contributed by atoms with Crippen LogP contribution in [0.15, 0.2) is 0 Å². The second-order valence-electron chi connectivity index (χ2n) is 9.39. The number of hydrogen-bond acceptors (Lipinski definition) is 8. The van der Waals surface area contributed by atoms with Gasteiger partial charge in [-0.15, -0.1) is 0 Å². The number of carboxylic acid groups (broad SMARTS) is 8.